The molecule has 1 saturated carbocycles. The van der Waals surface area contributed by atoms with Gasteiger partial charge in [-0.2, -0.15) is 0 Å². The van der Waals surface area contributed by atoms with Crippen molar-refractivity contribution in [3.63, 3.8) is 0 Å². The van der Waals surface area contributed by atoms with E-state index >= 15 is 0 Å². The lowest BCUT2D eigenvalue weighted by Gasteiger charge is -2.25. The van der Waals surface area contributed by atoms with Gasteiger partial charge in [-0.3, -0.25) is 4.79 Å². The molecule has 1 heterocycles. The summed E-state index contributed by atoms with van der Waals surface area (Å²) < 4.78 is 17.5. The highest BCUT2D eigenvalue weighted by Crippen LogP contribution is 2.51. The molecule has 2 aliphatic rings. The number of allylic oxidation sites excluding steroid dienone is 2. The van der Waals surface area contributed by atoms with E-state index < -0.39 is 5.97 Å². The van der Waals surface area contributed by atoms with Crippen molar-refractivity contribution in [3.8, 4) is 27.7 Å². The Morgan fingerprint density at radius 2 is 1.82 bits per heavy atom. The number of hydrogen-bond donors (Lipinski definition) is 1. The summed E-state index contributed by atoms with van der Waals surface area (Å²) in [5, 5.41) is 11.6. The minimum atomic E-state index is -0.745. The number of benzene rings is 2. The van der Waals surface area contributed by atoms with Crippen LogP contribution in [0.25, 0.3) is 16.0 Å². The van der Waals surface area contributed by atoms with Gasteiger partial charge in [0.1, 0.15) is 23.9 Å². The Bertz CT molecular complexity index is 1330. The van der Waals surface area contributed by atoms with Crippen LogP contribution >= 0.6 is 11.3 Å². The van der Waals surface area contributed by atoms with Crippen molar-refractivity contribution in [3.05, 3.63) is 70.6 Å². The zero-order valence-corrected chi connectivity index (χ0v) is 23.4. The number of carboxylic acids is 1. The van der Waals surface area contributed by atoms with Gasteiger partial charge in [-0.15, -0.1) is 11.3 Å². The van der Waals surface area contributed by atoms with Crippen LogP contribution in [-0.2, 0) is 11.4 Å². The number of carbonyl (C=O) groups is 1. The lowest BCUT2D eigenvalue weighted by atomic mass is 9.80. The largest absolute Gasteiger partial charge is 0.497 e. The summed E-state index contributed by atoms with van der Waals surface area (Å²) in [5.41, 5.74) is 5.95. The van der Waals surface area contributed by atoms with Crippen LogP contribution in [0.4, 0.5) is 0 Å². The standard InChI is InChI=1S/C32H36O5S/c1-32(2)12-6-9-28(32)30-23(19-38-31(30)22-14-25(35-3)16-26(15-22)36-4)18-37-24-8-5-7-21(13-24)27(17-29(33)34)20-10-11-20/h5,7-9,13-16,19-20,27H,6,10-12,17-18H2,1-4H3,(H,33,34)/t27-/m0/s1. The van der Waals surface area contributed by atoms with E-state index in [1.807, 2.05) is 30.3 Å². The van der Waals surface area contributed by atoms with Crippen LogP contribution in [0.1, 0.15) is 68.6 Å². The van der Waals surface area contributed by atoms with Gasteiger partial charge in [-0.05, 0) is 89.3 Å². The van der Waals surface area contributed by atoms with Crippen LogP contribution in [0.5, 0.6) is 17.2 Å². The number of aliphatic carboxylic acids is 1. The average Bonchev–Trinajstić information content (AvgIpc) is 3.57. The molecular weight excluding hydrogens is 496 g/mol. The second kappa shape index (κ2) is 10.9. The molecule has 5 rings (SSSR count). The summed E-state index contributed by atoms with van der Waals surface area (Å²) in [6, 6.07) is 14.0. The Balaban J connectivity index is 1.47. The van der Waals surface area contributed by atoms with E-state index in [-0.39, 0.29) is 17.8 Å². The molecule has 1 atom stereocenters. The summed E-state index contributed by atoms with van der Waals surface area (Å²) in [5.74, 6) is 2.07. The summed E-state index contributed by atoms with van der Waals surface area (Å²) in [6.07, 6.45) is 6.92. The first-order chi connectivity index (χ1) is 18.3. The van der Waals surface area contributed by atoms with Gasteiger partial charge in [0.15, 0.2) is 0 Å². The molecule has 200 valence electrons. The van der Waals surface area contributed by atoms with Gasteiger partial charge in [-0.25, -0.2) is 0 Å². The Kier molecular flexibility index (Phi) is 7.53. The number of rotatable bonds is 11. The predicted octanol–water partition coefficient (Wildman–Crippen LogP) is 8.18. The molecule has 38 heavy (non-hydrogen) atoms. The molecule has 0 bridgehead atoms. The molecule has 1 N–H and O–H groups in total. The zero-order chi connectivity index (χ0) is 26.9. The monoisotopic (exact) mass is 532 g/mol. The van der Waals surface area contributed by atoms with Crippen LogP contribution < -0.4 is 14.2 Å². The predicted molar refractivity (Wildman–Crippen MR) is 152 cm³/mol. The third-order valence-electron chi connectivity index (χ3n) is 7.86. The maximum absolute atomic E-state index is 11.5. The SMILES string of the molecule is COc1cc(OC)cc(-c2scc(COc3cccc([C@@H](CC(=O)O)C4CC4)c3)c2C2=CCCC2(C)C)c1. The Labute approximate surface area is 229 Å². The maximum atomic E-state index is 11.5. The van der Waals surface area contributed by atoms with Crippen molar-refractivity contribution >= 4 is 22.9 Å². The zero-order valence-electron chi connectivity index (χ0n) is 22.6. The number of ether oxygens (including phenoxy) is 3. The Morgan fingerprint density at radius 3 is 2.42 bits per heavy atom. The van der Waals surface area contributed by atoms with Gasteiger partial charge in [-0.1, -0.05) is 32.1 Å². The van der Waals surface area contributed by atoms with Crippen molar-refractivity contribution in [1.82, 2.24) is 0 Å². The summed E-state index contributed by atoms with van der Waals surface area (Å²) in [7, 11) is 3.35. The van der Waals surface area contributed by atoms with Crippen molar-refractivity contribution < 1.29 is 24.1 Å². The molecule has 1 aromatic heterocycles. The first kappa shape index (κ1) is 26.4. The van der Waals surface area contributed by atoms with Gasteiger partial charge in [0.2, 0.25) is 0 Å². The molecule has 0 radical (unpaired) electrons. The lowest BCUT2D eigenvalue weighted by Crippen LogP contribution is -2.11. The normalized spacial score (nSPS) is 17.1. The number of methoxy groups -OCH3 is 2. The number of carboxylic acid groups (broad SMARTS) is 1. The molecule has 6 heteroatoms. The quantitative estimate of drug-likeness (QED) is 0.270. The summed E-state index contributed by atoms with van der Waals surface area (Å²) in [4.78, 5) is 12.7. The second-order valence-corrected chi connectivity index (χ2v) is 11.9. The molecule has 5 nitrogen and oxygen atoms in total. The van der Waals surface area contributed by atoms with Gasteiger partial charge in [0, 0.05) is 22.1 Å². The first-order valence-corrected chi connectivity index (χ1v) is 14.2. The minimum Gasteiger partial charge on any atom is -0.497 e. The van der Waals surface area contributed by atoms with E-state index in [1.54, 1.807) is 25.6 Å². The fraction of sp³-hybridized carbons (Fsp3) is 0.406. The van der Waals surface area contributed by atoms with Gasteiger partial charge < -0.3 is 19.3 Å². The fourth-order valence-corrected chi connectivity index (χ4v) is 6.67. The van der Waals surface area contributed by atoms with Crippen LogP contribution in [0.3, 0.4) is 0 Å². The Hall–Kier alpha value is -3.25. The van der Waals surface area contributed by atoms with Crippen molar-refractivity contribution in [1.29, 1.82) is 0 Å². The Morgan fingerprint density at radius 1 is 1.08 bits per heavy atom. The van der Waals surface area contributed by atoms with E-state index in [0.29, 0.717) is 12.5 Å². The molecule has 0 unspecified atom stereocenters. The third kappa shape index (κ3) is 5.60. The van der Waals surface area contributed by atoms with Gasteiger partial charge >= 0.3 is 5.97 Å². The molecule has 0 aliphatic heterocycles. The molecule has 1 fully saturated rings. The van der Waals surface area contributed by atoms with E-state index in [4.69, 9.17) is 14.2 Å². The van der Waals surface area contributed by atoms with Crippen LogP contribution in [0.15, 0.2) is 53.9 Å². The third-order valence-corrected chi connectivity index (χ3v) is 8.94. The molecule has 2 aromatic carbocycles. The number of thiophene rings is 1. The lowest BCUT2D eigenvalue weighted by molar-refractivity contribution is -0.137. The van der Waals surface area contributed by atoms with Crippen LogP contribution in [0, 0.1) is 11.3 Å². The second-order valence-electron chi connectivity index (χ2n) is 11.0. The maximum Gasteiger partial charge on any atom is 0.303 e. The van der Waals surface area contributed by atoms with E-state index in [0.717, 1.165) is 59.6 Å². The average molecular weight is 533 g/mol. The molecule has 3 aromatic rings. The minimum absolute atomic E-state index is 0.0480. The van der Waals surface area contributed by atoms with E-state index in [9.17, 15) is 9.90 Å². The van der Waals surface area contributed by atoms with Gasteiger partial charge in [0.25, 0.3) is 0 Å². The fourth-order valence-electron chi connectivity index (χ4n) is 5.61. The highest BCUT2D eigenvalue weighted by atomic mass is 32.1. The smallest absolute Gasteiger partial charge is 0.303 e. The molecule has 0 saturated heterocycles. The summed E-state index contributed by atoms with van der Waals surface area (Å²) in [6.45, 7) is 5.07. The van der Waals surface area contributed by atoms with Crippen molar-refractivity contribution in [2.45, 2.75) is 58.5 Å². The molecule has 2 aliphatic carbocycles. The van der Waals surface area contributed by atoms with Crippen molar-refractivity contribution in [2.75, 3.05) is 14.2 Å². The van der Waals surface area contributed by atoms with Gasteiger partial charge in [0.05, 0.1) is 20.6 Å². The molecule has 0 spiro atoms. The highest BCUT2D eigenvalue weighted by Gasteiger charge is 2.34. The van der Waals surface area contributed by atoms with Crippen LogP contribution in [0.2, 0.25) is 0 Å². The molecule has 0 amide bonds. The topological polar surface area (TPSA) is 65.0 Å². The number of hydrogen-bond acceptors (Lipinski definition) is 5. The highest BCUT2D eigenvalue weighted by molar-refractivity contribution is 7.14. The van der Waals surface area contributed by atoms with E-state index in [2.05, 4.69) is 37.4 Å². The van der Waals surface area contributed by atoms with Crippen molar-refractivity contribution in [2.24, 2.45) is 11.3 Å². The first-order valence-electron chi connectivity index (χ1n) is 13.3. The molecular formula is C32H36O5S. The van der Waals surface area contributed by atoms with Crippen LogP contribution in [-0.4, -0.2) is 25.3 Å². The summed E-state index contributed by atoms with van der Waals surface area (Å²) >= 11 is 1.72. The van der Waals surface area contributed by atoms with E-state index in [1.165, 1.54) is 16.0 Å².